The molecule has 134 valence electrons. The Bertz CT molecular complexity index is 744. The summed E-state index contributed by atoms with van der Waals surface area (Å²) in [7, 11) is 1.29. The Morgan fingerprint density at radius 3 is 2.56 bits per heavy atom. The molecule has 0 aliphatic heterocycles. The number of hydrogen-bond acceptors (Lipinski definition) is 4. The van der Waals surface area contributed by atoms with E-state index in [1.165, 1.54) is 19.2 Å². The van der Waals surface area contributed by atoms with Crippen LogP contribution in [0.25, 0.3) is 0 Å². The predicted molar refractivity (Wildman–Crippen MR) is 88.6 cm³/mol. The normalized spacial score (nSPS) is 10.8. The third kappa shape index (κ3) is 4.76. The zero-order valence-electron chi connectivity index (χ0n) is 14.1. The van der Waals surface area contributed by atoms with Crippen LogP contribution in [0.2, 0.25) is 0 Å². The van der Waals surface area contributed by atoms with Crippen molar-refractivity contribution in [2.24, 2.45) is 0 Å². The van der Waals surface area contributed by atoms with Gasteiger partial charge in [-0.1, -0.05) is 29.8 Å². The van der Waals surface area contributed by atoms with Gasteiger partial charge in [-0.25, -0.2) is 8.78 Å². The van der Waals surface area contributed by atoms with Crippen molar-refractivity contribution in [2.45, 2.75) is 33.0 Å². The Labute approximate surface area is 145 Å². The Morgan fingerprint density at radius 2 is 1.92 bits per heavy atom. The fourth-order valence-electron chi connectivity index (χ4n) is 2.53. The Morgan fingerprint density at radius 1 is 1.20 bits per heavy atom. The molecule has 0 aliphatic carbocycles. The van der Waals surface area contributed by atoms with Gasteiger partial charge in [0.2, 0.25) is 0 Å². The number of carbonyl (C=O) groups is 1. The molecule has 25 heavy (non-hydrogen) atoms. The monoisotopic (exact) mass is 350 g/mol. The van der Waals surface area contributed by atoms with Gasteiger partial charge in [-0.2, -0.15) is 0 Å². The van der Waals surface area contributed by atoms with E-state index in [0.29, 0.717) is 22.3 Å². The van der Waals surface area contributed by atoms with Gasteiger partial charge in [-0.15, -0.1) is 0 Å². The van der Waals surface area contributed by atoms with E-state index < -0.39 is 12.4 Å². The van der Waals surface area contributed by atoms with E-state index in [0.717, 1.165) is 0 Å². The second kappa shape index (κ2) is 8.58. The molecule has 0 saturated heterocycles. The highest BCUT2D eigenvalue weighted by molar-refractivity contribution is 5.73. The number of aliphatic hydroxyl groups is 1. The van der Waals surface area contributed by atoms with Crippen molar-refractivity contribution in [2.75, 3.05) is 7.11 Å². The van der Waals surface area contributed by atoms with E-state index in [1.54, 1.807) is 31.2 Å². The number of rotatable bonds is 7. The maximum absolute atomic E-state index is 13.2. The van der Waals surface area contributed by atoms with Crippen LogP contribution in [0.5, 0.6) is 5.75 Å². The first kappa shape index (κ1) is 18.9. The first-order valence-electron chi connectivity index (χ1n) is 7.75. The van der Waals surface area contributed by atoms with Crippen LogP contribution in [0.15, 0.2) is 36.4 Å². The van der Waals surface area contributed by atoms with Crippen LogP contribution in [0.3, 0.4) is 0 Å². The molecule has 0 radical (unpaired) electrons. The number of alkyl halides is 2. The minimum absolute atomic E-state index is 0.0125. The van der Waals surface area contributed by atoms with E-state index in [1.807, 2.05) is 0 Å². The van der Waals surface area contributed by atoms with Gasteiger partial charge >= 0.3 is 5.97 Å². The highest BCUT2D eigenvalue weighted by Crippen LogP contribution is 2.31. The number of methoxy groups -OCH3 is 1. The second-order valence-electron chi connectivity index (χ2n) is 5.60. The summed E-state index contributed by atoms with van der Waals surface area (Å²) in [6.45, 7) is 1.44. The number of aryl methyl sites for hydroxylation is 1. The number of aliphatic hydroxyl groups excluding tert-OH is 1. The van der Waals surface area contributed by atoms with Crippen LogP contribution in [0.1, 0.15) is 34.2 Å². The molecule has 0 atom stereocenters. The zero-order chi connectivity index (χ0) is 18.4. The maximum Gasteiger partial charge on any atom is 0.309 e. The van der Waals surface area contributed by atoms with E-state index >= 15 is 0 Å². The number of esters is 1. The molecule has 0 heterocycles. The maximum atomic E-state index is 13.2. The molecule has 2 aromatic rings. The molecule has 2 rings (SSSR count). The summed E-state index contributed by atoms with van der Waals surface area (Å²) >= 11 is 0. The second-order valence-corrected chi connectivity index (χ2v) is 5.60. The van der Waals surface area contributed by atoms with Crippen molar-refractivity contribution < 1.29 is 28.2 Å². The summed E-state index contributed by atoms with van der Waals surface area (Å²) in [5, 5.41) is 9.52. The molecule has 0 amide bonds. The van der Waals surface area contributed by atoms with E-state index in [2.05, 4.69) is 4.74 Å². The molecular weight excluding hydrogens is 330 g/mol. The van der Waals surface area contributed by atoms with Crippen LogP contribution in [-0.2, 0) is 29.2 Å². The topological polar surface area (TPSA) is 55.8 Å². The molecule has 0 unspecified atom stereocenters. The summed E-state index contributed by atoms with van der Waals surface area (Å²) in [6, 6.07) is 9.70. The number of carbonyl (C=O) groups excluding carboxylic acids is 1. The predicted octanol–water partition coefficient (Wildman–Crippen LogP) is 3.72. The van der Waals surface area contributed by atoms with Crippen molar-refractivity contribution in [3.8, 4) is 5.75 Å². The molecule has 6 heteroatoms. The van der Waals surface area contributed by atoms with Crippen molar-refractivity contribution in [3.05, 3.63) is 64.2 Å². The average Bonchev–Trinajstić information content (AvgIpc) is 2.60. The van der Waals surface area contributed by atoms with Gasteiger partial charge in [0, 0.05) is 0 Å². The molecule has 0 fully saturated rings. The van der Waals surface area contributed by atoms with Gasteiger partial charge in [0.1, 0.15) is 12.4 Å². The van der Waals surface area contributed by atoms with Crippen LogP contribution in [0.4, 0.5) is 8.78 Å². The number of benzene rings is 2. The van der Waals surface area contributed by atoms with Crippen LogP contribution >= 0.6 is 0 Å². The third-order valence-electron chi connectivity index (χ3n) is 3.88. The molecule has 1 N–H and O–H groups in total. The lowest BCUT2D eigenvalue weighted by Gasteiger charge is -2.16. The zero-order valence-corrected chi connectivity index (χ0v) is 14.1. The van der Waals surface area contributed by atoms with Crippen molar-refractivity contribution in [3.63, 3.8) is 0 Å². The minimum atomic E-state index is -2.66. The first-order valence-corrected chi connectivity index (χ1v) is 7.75. The van der Waals surface area contributed by atoms with Gasteiger partial charge < -0.3 is 14.6 Å². The Hall–Kier alpha value is -2.47. The standard InChI is InChI=1S/C19H20F2O4/c1-12-6-7-17(15(8-12)19(20)21)25-11-16-13(9-18(23)24-2)4-3-5-14(16)10-22/h3-8,19,22H,9-11H2,1-2H3. The highest BCUT2D eigenvalue weighted by atomic mass is 19.3. The summed E-state index contributed by atoms with van der Waals surface area (Å²) in [4.78, 5) is 11.6. The fraction of sp³-hybridized carbons (Fsp3) is 0.316. The number of ether oxygens (including phenoxy) is 2. The van der Waals surface area contributed by atoms with E-state index in [4.69, 9.17) is 4.74 Å². The quantitative estimate of drug-likeness (QED) is 0.774. The Kier molecular flexibility index (Phi) is 6.47. The molecule has 0 bridgehead atoms. The minimum Gasteiger partial charge on any atom is -0.488 e. The Balaban J connectivity index is 2.30. The first-order chi connectivity index (χ1) is 12.0. The van der Waals surface area contributed by atoms with Crippen molar-refractivity contribution in [1.82, 2.24) is 0 Å². The van der Waals surface area contributed by atoms with Gasteiger partial charge in [0.15, 0.2) is 0 Å². The molecule has 0 aliphatic rings. The number of hydrogen-bond donors (Lipinski definition) is 1. The molecule has 4 nitrogen and oxygen atoms in total. The SMILES string of the molecule is COC(=O)Cc1cccc(CO)c1COc1ccc(C)cc1C(F)F. The van der Waals surface area contributed by atoms with Crippen LogP contribution in [-0.4, -0.2) is 18.2 Å². The summed E-state index contributed by atoms with van der Waals surface area (Å²) in [5.41, 5.74) is 2.33. The summed E-state index contributed by atoms with van der Waals surface area (Å²) in [6.07, 6.45) is -2.64. The smallest absolute Gasteiger partial charge is 0.309 e. The molecular formula is C19H20F2O4. The molecule has 0 aromatic heterocycles. The van der Waals surface area contributed by atoms with Gasteiger partial charge in [0.25, 0.3) is 6.43 Å². The van der Waals surface area contributed by atoms with Gasteiger partial charge in [-0.05, 0) is 35.7 Å². The number of halogens is 2. The molecule has 2 aromatic carbocycles. The van der Waals surface area contributed by atoms with E-state index in [9.17, 15) is 18.7 Å². The van der Waals surface area contributed by atoms with Crippen molar-refractivity contribution in [1.29, 1.82) is 0 Å². The third-order valence-corrected chi connectivity index (χ3v) is 3.88. The largest absolute Gasteiger partial charge is 0.488 e. The molecule has 0 saturated carbocycles. The molecule has 0 spiro atoms. The lowest BCUT2D eigenvalue weighted by molar-refractivity contribution is -0.139. The van der Waals surface area contributed by atoms with E-state index in [-0.39, 0.29) is 30.9 Å². The van der Waals surface area contributed by atoms with Crippen molar-refractivity contribution >= 4 is 5.97 Å². The average molecular weight is 350 g/mol. The van der Waals surface area contributed by atoms with Gasteiger partial charge in [0.05, 0.1) is 25.7 Å². The summed E-state index contributed by atoms with van der Waals surface area (Å²) < 4.78 is 36.7. The van der Waals surface area contributed by atoms with Gasteiger partial charge in [-0.3, -0.25) is 4.79 Å². The lowest BCUT2D eigenvalue weighted by Crippen LogP contribution is -2.11. The van der Waals surface area contributed by atoms with Crippen LogP contribution < -0.4 is 4.74 Å². The fourth-order valence-corrected chi connectivity index (χ4v) is 2.53. The lowest BCUT2D eigenvalue weighted by atomic mass is 9.99. The van der Waals surface area contributed by atoms with Crippen LogP contribution in [0, 0.1) is 6.92 Å². The highest BCUT2D eigenvalue weighted by Gasteiger charge is 2.17. The summed E-state index contributed by atoms with van der Waals surface area (Å²) in [5.74, 6) is -0.350.